The molecule has 1 atom stereocenters. The van der Waals surface area contributed by atoms with Gasteiger partial charge in [-0.2, -0.15) is 0 Å². The lowest BCUT2D eigenvalue weighted by atomic mass is 9.96. The lowest BCUT2D eigenvalue weighted by Crippen LogP contribution is -2.39. The Morgan fingerprint density at radius 3 is 2.44 bits per heavy atom. The molecule has 8 heteroatoms. The lowest BCUT2D eigenvalue weighted by Gasteiger charge is -2.24. The van der Waals surface area contributed by atoms with Gasteiger partial charge in [-0.05, 0) is 67.1 Å². The lowest BCUT2D eigenvalue weighted by molar-refractivity contribution is -0.139. The van der Waals surface area contributed by atoms with E-state index in [0.29, 0.717) is 27.2 Å². The van der Waals surface area contributed by atoms with Gasteiger partial charge in [-0.1, -0.05) is 65.9 Å². The number of nitrogens with zero attached hydrogens (tertiary/aromatic N) is 2. The Kier molecular flexibility index (Phi) is 8.14. The molecule has 0 saturated carbocycles. The van der Waals surface area contributed by atoms with Crippen LogP contribution in [0.4, 0.5) is 0 Å². The van der Waals surface area contributed by atoms with Gasteiger partial charge in [0.05, 0.1) is 28.5 Å². The third-order valence-corrected chi connectivity index (χ3v) is 8.10. The number of aromatic nitrogens is 1. The molecule has 198 valence electrons. The minimum Gasteiger partial charge on any atom is -0.489 e. The van der Waals surface area contributed by atoms with Crippen LogP contribution in [-0.4, -0.2) is 23.4 Å². The van der Waals surface area contributed by atoms with Crippen molar-refractivity contribution < 1.29 is 14.3 Å². The van der Waals surface area contributed by atoms with Gasteiger partial charge in [-0.3, -0.25) is 9.36 Å². The molecule has 3 aromatic carbocycles. The second kappa shape index (κ2) is 11.9. The van der Waals surface area contributed by atoms with Gasteiger partial charge in [-0.15, -0.1) is 11.8 Å². The largest absolute Gasteiger partial charge is 0.489 e. The molecule has 1 aromatic heterocycles. The second-order valence-corrected chi connectivity index (χ2v) is 10.8. The van der Waals surface area contributed by atoms with Gasteiger partial charge in [0.1, 0.15) is 12.4 Å². The predicted molar refractivity (Wildman–Crippen MR) is 156 cm³/mol. The fourth-order valence-electron chi connectivity index (χ4n) is 4.45. The van der Waals surface area contributed by atoms with Crippen molar-refractivity contribution in [1.82, 2.24) is 4.57 Å². The first-order valence-corrected chi connectivity index (χ1v) is 14.6. The van der Waals surface area contributed by atoms with E-state index in [1.165, 1.54) is 11.3 Å². The molecule has 0 amide bonds. The fourth-order valence-corrected chi connectivity index (χ4v) is 5.90. The summed E-state index contributed by atoms with van der Waals surface area (Å²) >= 11 is 2.95. The topological polar surface area (TPSA) is 69.9 Å². The van der Waals surface area contributed by atoms with Gasteiger partial charge in [0.15, 0.2) is 4.80 Å². The minimum absolute atomic E-state index is 0.198. The number of benzene rings is 3. The summed E-state index contributed by atoms with van der Waals surface area (Å²) in [5, 5.41) is 0. The molecule has 39 heavy (non-hydrogen) atoms. The number of fused-ring (bicyclic) bond motifs is 1. The number of hydrogen-bond donors (Lipinski definition) is 0. The summed E-state index contributed by atoms with van der Waals surface area (Å²) in [5.74, 6) is 0.291. The number of ether oxygens (including phenoxy) is 2. The highest BCUT2D eigenvalue weighted by Gasteiger charge is 2.33. The summed E-state index contributed by atoms with van der Waals surface area (Å²) < 4.78 is 13.4. The third-order valence-electron chi connectivity index (χ3n) is 6.37. The Bertz CT molecular complexity index is 1690. The molecule has 4 aromatic rings. The summed E-state index contributed by atoms with van der Waals surface area (Å²) in [6.07, 6.45) is 3.86. The molecule has 0 N–H and O–H groups in total. The van der Waals surface area contributed by atoms with E-state index < -0.39 is 12.0 Å². The van der Waals surface area contributed by atoms with Gasteiger partial charge in [-0.25, -0.2) is 9.79 Å². The molecular weight excluding hydrogens is 528 g/mol. The van der Waals surface area contributed by atoms with Crippen LogP contribution in [0.25, 0.3) is 6.08 Å². The van der Waals surface area contributed by atoms with Crippen molar-refractivity contribution in [3.8, 4) is 5.75 Å². The van der Waals surface area contributed by atoms with Gasteiger partial charge >= 0.3 is 5.97 Å². The van der Waals surface area contributed by atoms with Crippen LogP contribution in [0.3, 0.4) is 0 Å². The third kappa shape index (κ3) is 5.77. The number of carbonyl (C=O) groups is 1. The summed E-state index contributed by atoms with van der Waals surface area (Å²) in [6, 6.07) is 24.9. The maximum atomic E-state index is 13.8. The quantitative estimate of drug-likeness (QED) is 0.223. The Balaban J connectivity index is 1.51. The molecule has 0 aliphatic carbocycles. The Morgan fingerprint density at radius 2 is 1.77 bits per heavy atom. The van der Waals surface area contributed by atoms with Crippen LogP contribution >= 0.6 is 23.1 Å². The minimum atomic E-state index is -0.618. The number of rotatable bonds is 8. The van der Waals surface area contributed by atoms with Crippen molar-refractivity contribution >= 4 is 35.1 Å². The number of thiazole rings is 1. The Morgan fingerprint density at radius 1 is 1.05 bits per heavy atom. The van der Waals surface area contributed by atoms with E-state index in [0.717, 1.165) is 27.3 Å². The summed E-state index contributed by atoms with van der Waals surface area (Å²) in [7, 11) is 0. The zero-order valence-corrected chi connectivity index (χ0v) is 23.6. The normalized spacial score (nSPS) is 15.1. The molecule has 0 bridgehead atoms. The molecule has 1 unspecified atom stereocenters. The monoisotopic (exact) mass is 556 g/mol. The van der Waals surface area contributed by atoms with Crippen LogP contribution in [0.1, 0.15) is 36.6 Å². The van der Waals surface area contributed by atoms with E-state index in [-0.39, 0.29) is 12.2 Å². The first-order valence-electron chi connectivity index (χ1n) is 12.6. The molecule has 0 spiro atoms. The van der Waals surface area contributed by atoms with Gasteiger partial charge in [0.25, 0.3) is 5.56 Å². The van der Waals surface area contributed by atoms with Crippen molar-refractivity contribution in [2.75, 3.05) is 12.9 Å². The Hall–Kier alpha value is -3.88. The van der Waals surface area contributed by atoms with E-state index >= 15 is 0 Å². The average Bonchev–Trinajstić information content (AvgIpc) is 3.26. The standard InChI is InChI=1S/C31H28N2O4S2/c1-4-36-30(35)27-20(2)32-31-33(28(27)23-12-16-25(38-3)17-13-23)29(34)26(39-31)18-21-10-14-24(15-11-21)37-19-22-8-6-5-7-9-22/h5-18,28H,4,19H2,1-3H3. The van der Waals surface area contributed by atoms with Gasteiger partial charge in [0.2, 0.25) is 0 Å². The second-order valence-electron chi connectivity index (χ2n) is 8.92. The SMILES string of the molecule is CCOC(=O)C1=C(C)N=c2sc(=Cc3ccc(OCc4ccccc4)cc3)c(=O)n2C1c1ccc(SC)cc1. The van der Waals surface area contributed by atoms with Crippen LogP contribution in [0.5, 0.6) is 5.75 Å². The molecule has 5 rings (SSSR count). The summed E-state index contributed by atoms with van der Waals surface area (Å²) in [4.78, 5) is 33.1. The number of allylic oxidation sites excluding steroid dienone is 1. The number of hydrogen-bond acceptors (Lipinski definition) is 7. The van der Waals surface area contributed by atoms with Crippen LogP contribution in [0.15, 0.2) is 105 Å². The van der Waals surface area contributed by atoms with Crippen molar-refractivity contribution in [2.45, 2.75) is 31.4 Å². The average molecular weight is 557 g/mol. The van der Waals surface area contributed by atoms with Gasteiger partial charge < -0.3 is 9.47 Å². The Labute approximate surface area is 235 Å². The van der Waals surface area contributed by atoms with Crippen molar-refractivity contribution in [3.63, 3.8) is 0 Å². The van der Waals surface area contributed by atoms with E-state index in [1.807, 2.05) is 91.2 Å². The zero-order valence-electron chi connectivity index (χ0n) is 21.9. The predicted octanol–water partition coefficient (Wildman–Crippen LogP) is 5.10. The number of carbonyl (C=O) groups excluding carboxylic acids is 1. The zero-order chi connectivity index (χ0) is 27.4. The van der Waals surface area contributed by atoms with Crippen molar-refractivity contribution in [1.29, 1.82) is 0 Å². The van der Waals surface area contributed by atoms with Crippen LogP contribution in [0, 0.1) is 0 Å². The highest BCUT2D eigenvalue weighted by Crippen LogP contribution is 2.31. The molecular formula is C31H28N2O4S2. The number of thioether (sulfide) groups is 1. The molecule has 0 radical (unpaired) electrons. The smallest absolute Gasteiger partial charge is 0.338 e. The fraction of sp³-hybridized carbons (Fsp3) is 0.194. The highest BCUT2D eigenvalue weighted by atomic mass is 32.2. The first kappa shape index (κ1) is 26.7. The van der Waals surface area contributed by atoms with Crippen LogP contribution < -0.4 is 19.6 Å². The molecule has 6 nitrogen and oxygen atoms in total. The maximum absolute atomic E-state index is 13.8. The molecule has 1 aliphatic heterocycles. The van der Waals surface area contributed by atoms with E-state index in [2.05, 4.69) is 4.99 Å². The molecule has 2 heterocycles. The molecule has 1 aliphatic rings. The van der Waals surface area contributed by atoms with Crippen molar-refractivity contribution in [2.24, 2.45) is 4.99 Å². The highest BCUT2D eigenvalue weighted by molar-refractivity contribution is 7.98. The first-order chi connectivity index (χ1) is 19.0. The molecule has 0 saturated heterocycles. The number of esters is 1. The summed E-state index contributed by atoms with van der Waals surface area (Å²) in [6.45, 7) is 4.28. The van der Waals surface area contributed by atoms with E-state index in [1.54, 1.807) is 30.2 Å². The van der Waals surface area contributed by atoms with Crippen LogP contribution in [0.2, 0.25) is 0 Å². The van der Waals surface area contributed by atoms with Crippen LogP contribution in [-0.2, 0) is 16.1 Å². The molecule has 0 fully saturated rings. The van der Waals surface area contributed by atoms with E-state index in [4.69, 9.17) is 9.47 Å². The van der Waals surface area contributed by atoms with E-state index in [9.17, 15) is 9.59 Å². The maximum Gasteiger partial charge on any atom is 0.338 e. The summed E-state index contributed by atoms with van der Waals surface area (Å²) in [5.41, 5.74) is 3.54. The van der Waals surface area contributed by atoms with Crippen molar-refractivity contribution in [3.05, 3.63) is 127 Å². The van der Waals surface area contributed by atoms with Gasteiger partial charge in [0, 0.05) is 4.90 Å².